The van der Waals surface area contributed by atoms with Crippen LogP contribution in [0, 0.1) is 10.1 Å². The van der Waals surface area contributed by atoms with Crippen LogP contribution in [0.5, 0.6) is 0 Å². The number of esters is 1. The number of methoxy groups -OCH3 is 1. The number of ether oxygens (including phenoxy) is 1. The minimum atomic E-state index is -0.658. The highest BCUT2D eigenvalue weighted by atomic mass is 32.1. The minimum Gasteiger partial charge on any atom is -0.466 e. The Hall–Kier alpha value is -3.85. The Labute approximate surface area is 186 Å². The van der Waals surface area contributed by atoms with Crippen molar-refractivity contribution in [3.05, 3.63) is 107 Å². The Kier molecular flexibility index (Phi) is 5.83. The van der Waals surface area contributed by atoms with Gasteiger partial charge in [0.05, 0.1) is 33.9 Å². The quantitative estimate of drug-likeness (QED) is 0.338. The van der Waals surface area contributed by atoms with Crippen LogP contribution in [0.3, 0.4) is 0 Å². The lowest BCUT2D eigenvalue weighted by molar-refractivity contribution is -0.384. The average molecular weight is 449 g/mol. The molecule has 2 heterocycles. The molecule has 3 aromatic rings. The Balaban J connectivity index is 1.94. The van der Waals surface area contributed by atoms with Crippen molar-refractivity contribution in [1.82, 2.24) is 4.57 Å². The van der Waals surface area contributed by atoms with Crippen molar-refractivity contribution in [3.63, 3.8) is 0 Å². The second-order valence-corrected chi connectivity index (χ2v) is 8.06. The molecule has 0 aliphatic carbocycles. The highest BCUT2D eigenvalue weighted by molar-refractivity contribution is 7.07. The van der Waals surface area contributed by atoms with Crippen molar-refractivity contribution in [2.75, 3.05) is 7.11 Å². The van der Waals surface area contributed by atoms with Crippen LogP contribution in [0.25, 0.3) is 6.08 Å². The molecule has 0 amide bonds. The second-order valence-electron chi connectivity index (χ2n) is 7.05. The third-order valence-electron chi connectivity index (χ3n) is 5.17. The molecule has 0 saturated carbocycles. The molecule has 0 unspecified atom stereocenters. The Morgan fingerprint density at radius 3 is 2.50 bits per heavy atom. The van der Waals surface area contributed by atoms with Gasteiger partial charge < -0.3 is 4.74 Å². The predicted molar refractivity (Wildman–Crippen MR) is 120 cm³/mol. The van der Waals surface area contributed by atoms with E-state index in [1.807, 2.05) is 37.3 Å². The van der Waals surface area contributed by atoms with Gasteiger partial charge in [0, 0.05) is 12.1 Å². The van der Waals surface area contributed by atoms with Gasteiger partial charge in [-0.2, -0.15) is 0 Å². The summed E-state index contributed by atoms with van der Waals surface area (Å²) in [6, 6.07) is 14.6. The maximum Gasteiger partial charge on any atom is 0.338 e. The van der Waals surface area contributed by atoms with Crippen LogP contribution in [-0.4, -0.2) is 22.6 Å². The van der Waals surface area contributed by atoms with Gasteiger partial charge in [0.15, 0.2) is 4.80 Å². The van der Waals surface area contributed by atoms with Crippen molar-refractivity contribution < 1.29 is 14.5 Å². The molecule has 9 heteroatoms. The van der Waals surface area contributed by atoms with Gasteiger partial charge in [0.1, 0.15) is 0 Å². The molecule has 8 nitrogen and oxygen atoms in total. The van der Waals surface area contributed by atoms with Gasteiger partial charge in [-0.05, 0) is 35.8 Å². The third-order valence-corrected chi connectivity index (χ3v) is 6.15. The van der Waals surface area contributed by atoms with Crippen LogP contribution in [0.1, 0.15) is 30.5 Å². The summed E-state index contributed by atoms with van der Waals surface area (Å²) in [4.78, 5) is 41.6. The second kappa shape index (κ2) is 8.72. The number of non-ortho nitro benzene ring substituents is 1. The number of nitro benzene ring substituents is 1. The molecule has 4 rings (SSSR count). The van der Waals surface area contributed by atoms with Crippen molar-refractivity contribution in [1.29, 1.82) is 0 Å². The molecule has 32 heavy (non-hydrogen) atoms. The topological polar surface area (TPSA) is 104 Å². The average Bonchev–Trinajstić information content (AvgIpc) is 3.12. The molecular weight excluding hydrogens is 430 g/mol. The van der Waals surface area contributed by atoms with E-state index < -0.39 is 16.9 Å². The largest absolute Gasteiger partial charge is 0.466 e. The summed E-state index contributed by atoms with van der Waals surface area (Å²) in [7, 11) is 1.31. The molecule has 1 aliphatic heterocycles. The summed E-state index contributed by atoms with van der Waals surface area (Å²) in [5.74, 6) is -0.524. The maximum atomic E-state index is 13.4. The Bertz CT molecular complexity index is 1400. The standard InChI is InChI=1S/C23H19N3O5S/c1-3-17-19(22(28)31-2)20(15-7-5-4-6-8-15)25-21(27)18(32-23(25)24-17)13-14-9-11-16(12-10-14)26(29)30/h4-13,20H,3H2,1-2H3/b18-13-/t20-/m1/s1. The molecule has 1 aliphatic rings. The lowest BCUT2D eigenvalue weighted by Gasteiger charge is -2.25. The lowest BCUT2D eigenvalue weighted by Crippen LogP contribution is -2.40. The number of benzene rings is 2. The van der Waals surface area contributed by atoms with Crippen LogP contribution in [0.15, 0.2) is 75.7 Å². The highest BCUT2D eigenvalue weighted by Crippen LogP contribution is 2.31. The van der Waals surface area contributed by atoms with E-state index in [4.69, 9.17) is 4.74 Å². The van der Waals surface area contributed by atoms with Gasteiger partial charge in [-0.3, -0.25) is 19.5 Å². The van der Waals surface area contributed by atoms with Crippen LogP contribution in [-0.2, 0) is 9.53 Å². The molecule has 1 atom stereocenters. The SMILES string of the molecule is CCC1=C(C(=O)OC)[C@@H](c2ccccc2)n2c(s/c(=C\c3ccc([N+](=O)[O-])cc3)c2=O)=N1. The Morgan fingerprint density at radius 2 is 1.91 bits per heavy atom. The number of carbonyl (C=O) groups is 1. The van der Waals surface area contributed by atoms with E-state index in [1.165, 1.54) is 35.1 Å². The summed E-state index contributed by atoms with van der Waals surface area (Å²) < 4.78 is 6.96. The number of allylic oxidation sites excluding steroid dienone is 1. The number of nitrogens with zero attached hydrogens (tertiary/aromatic N) is 3. The fourth-order valence-electron chi connectivity index (χ4n) is 3.66. The molecule has 162 valence electrons. The number of rotatable bonds is 5. The van der Waals surface area contributed by atoms with Crippen molar-refractivity contribution >= 4 is 29.1 Å². The third kappa shape index (κ3) is 3.78. The number of hydrogen-bond acceptors (Lipinski definition) is 7. The van der Waals surface area contributed by atoms with Crippen molar-refractivity contribution in [2.45, 2.75) is 19.4 Å². The van der Waals surface area contributed by atoms with Gasteiger partial charge >= 0.3 is 5.97 Å². The fraction of sp³-hybridized carbons (Fsp3) is 0.174. The monoisotopic (exact) mass is 449 g/mol. The number of fused-ring (bicyclic) bond motifs is 1. The molecule has 0 radical (unpaired) electrons. The predicted octanol–water partition coefficient (Wildman–Crippen LogP) is 2.71. The first kappa shape index (κ1) is 21.4. The van der Waals surface area contributed by atoms with Crippen LogP contribution in [0.2, 0.25) is 0 Å². The van der Waals surface area contributed by atoms with Crippen molar-refractivity contribution in [2.24, 2.45) is 4.99 Å². The highest BCUT2D eigenvalue weighted by Gasteiger charge is 2.33. The van der Waals surface area contributed by atoms with Gasteiger partial charge in [-0.1, -0.05) is 48.6 Å². The molecule has 0 fully saturated rings. The van der Waals surface area contributed by atoms with Crippen LogP contribution < -0.4 is 14.9 Å². The number of aromatic nitrogens is 1. The maximum absolute atomic E-state index is 13.4. The zero-order valence-corrected chi connectivity index (χ0v) is 18.2. The summed E-state index contributed by atoms with van der Waals surface area (Å²) in [5, 5.41) is 10.9. The van der Waals surface area contributed by atoms with Gasteiger partial charge in [-0.25, -0.2) is 9.79 Å². The van der Waals surface area contributed by atoms with E-state index in [0.717, 1.165) is 5.56 Å². The van der Waals surface area contributed by atoms with Gasteiger partial charge in [0.2, 0.25) is 0 Å². The summed E-state index contributed by atoms with van der Waals surface area (Å²) in [6.45, 7) is 1.90. The number of nitro groups is 1. The molecule has 2 aromatic carbocycles. The van der Waals surface area contributed by atoms with E-state index in [0.29, 0.717) is 32.6 Å². The van der Waals surface area contributed by atoms with E-state index in [-0.39, 0.29) is 11.2 Å². The molecule has 0 bridgehead atoms. The summed E-state index contributed by atoms with van der Waals surface area (Å²) >= 11 is 1.21. The number of hydrogen-bond donors (Lipinski definition) is 0. The van der Waals surface area contributed by atoms with Crippen LogP contribution in [0.4, 0.5) is 5.69 Å². The molecule has 0 spiro atoms. The lowest BCUT2D eigenvalue weighted by atomic mass is 9.95. The number of thiazole rings is 1. The first-order chi connectivity index (χ1) is 15.4. The summed E-state index contributed by atoms with van der Waals surface area (Å²) in [5.41, 5.74) is 2.03. The van der Waals surface area contributed by atoms with Crippen molar-refractivity contribution in [3.8, 4) is 0 Å². The molecule has 0 saturated heterocycles. The minimum absolute atomic E-state index is 0.0250. The van der Waals surface area contributed by atoms with Crippen LogP contribution >= 0.6 is 11.3 Å². The molecule has 0 N–H and O–H groups in total. The van der Waals surface area contributed by atoms with Gasteiger partial charge in [-0.15, -0.1) is 0 Å². The fourth-order valence-corrected chi connectivity index (χ4v) is 4.68. The molecular formula is C23H19N3O5S. The number of carbonyl (C=O) groups excluding carboxylic acids is 1. The zero-order valence-electron chi connectivity index (χ0n) is 17.3. The van der Waals surface area contributed by atoms with E-state index in [1.54, 1.807) is 18.2 Å². The zero-order chi connectivity index (χ0) is 22.8. The first-order valence-electron chi connectivity index (χ1n) is 9.87. The summed E-state index contributed by atoms with van der Waals surface area (Å²) in [6.07, 6.45) is 2.17. The van der Waals surface area contributed by atoms with Gasteiger partial charge in [0.25, 0.3) is 11.2 Å². The smallest absolute Gasteiger partial charge is 0.338 e. The van der Waals surface area contributed by atoms with E-state index in [2.05, 4.69) is 4.99 Å². The first-order valence-corrected chi connectivity index (χ1v) is 10.7. The van der Waals surface area contributed by atoms with E-state index in [9.17, 15) is 19.7 Å². The molecule has 1 aromatic heterocycles. The van der Waals surface area contributed by atoms with E-state index >= 15 is 0 Å². The Morgan fingerprint density at radius 1 is 1.22 bits per heavy atom. The normalized spacial score (nSPS) is 15.8.